The lowest BCUT2D eigenvalue weighted by atomic mass is 10.1. The fourth-order valence-corrected chi connectivity index (χ4v) is 3.46. The van der Waals surface area contributed by atoms with Crippen molar-refractivity contribution in [3.8, 4) is 0 Å². The van der Waals surface area contributed by atoms with Crippen molar-refractivity contribution in [3.63, 3.8) is 0 Å². The summed E-state index contributed by atoms with van der Waals surface area (Å²) in [4.78, 5) is 38.1. The molecule has 2 unspecified atom stereocenters. The topological polar surface area (TPSA) is 102 Å². The van der Waals surface area contributed by atoms with Gasteiger partial charge in [-0.25, -0.2) is 0 Å². The summed E-state index contributed by atoms with van der Waals surface area (Å²) in [5.74, 6) is -0.863. The van der Waals surface area contributed by atoms with Crippen LogP contribution in [0.4, 0.5) is 5.69 Å². The van der Waals surface area contributed by atoms with E-state index in [1.54, 1.807) is 17.0 Å². The third-order valence-electron chi connectivity index (χ3n) is 3.83. The van der Waals surface area contributed by atoms with Gasteiger partial charge >= 0.3 is 0 Å². The molecule has 0 radical (unpaired) electrons. The summed E-state index contributed by atoms with van der Waals surface area (Å²) < 4.78 is 5.24. The maximum absolute atomic E-state index is 12.6. The van der Waals surface area contributed by atoms with Crippen molar-refractivity contribution in [2.24, 2.45) is 5.73 Å². The Morgan fingerprint density at radius 1 is 1.43 bits per heavy atom. The highest BCUT2D eigenvalue weighted by atomic mass is 32.2. The SMILES string of the molecule is CC1Sc2ccc(C(=O)N3CCOC(C(N)=O)C3)cc2NC1=O. The van der Waals surface area contributed by atoms with Gasteiger partial charge in [-0.05, 0) is 25.1 Å². The van der Waals surface area contributed by atoms with Gasteiger partial charge in [0.25, 0.3) is 5.91 Å². The fourth-order valence-electron chi connectivity index (χ4n) is 2.53. The van der Waals surface area contributed by atoms with Gasteiger partial charge in [0.1, 0.15) is 0 Å². The highest BCUT2D eigenvalue weighted by molar-refractivity contribution is 8.00. The Morgan fingerprint density at radius 3 is 2.96 bits per heavy atom. The molecule has 7 nitrogen and oxygen atoms in total. The number of nitrogens with zero attached hydrogens (tertiary/aromatic N) is 1. The number of ether oxygens (including phenoxy) is 1. The summed E-state index contributed by atoms with van der Waals surface area (Å²) in [6.45, 7) is 2.65. The number of hydrogen-bond acceptors (Lipinski definition) is 5. The average Bonchev–Trinajstić information content (AvgIpc) is 2.55. The summed E-state index contributed by atoms with van der Waals surface area (Å²) in [7, 11) is 0. The largest absolute Gasteiger partial charge is 0.367 e. The predicted molar refractivity (Wildman–Crippen MR) is 85.2 cm³/mol. The molecule has 1 saturated heterocycles. The third-order valence-corrected chi connectivity index (χ3v) is 5.01. The molecule has 8 heteroatoms. The summed E-state index contributed by atoms with van der Waals surface area (Å²) in [6.07, 6.45) is -0.776. The van der Waals surface area contributed by atoms with Crippen molar-refractivity contribution in [2.75, 3.05) is 25.0 Å². The highest BCUT2D eigenvalue weighted by Crippen LogP contribution is 2.36. The number of morpholine rings is 1. The van der Waals surface area contributed by atoms with E-state index in [4.69, 9.17) is 10.5 Å². The van der Waals surface area contributed by atoms with E-state index in [0.717, 1.165) is 4.90 Å². The molecule has 0 spiro atoms. The number of anilines is 1. The molecule has 2 atom stereocenters. The Kier molecular flexibility index (Phi) is 4.27. The van der Waals surface area contributed by atoms with E-state index in [0.29, 0.717) is 17.8 Å². The lowest BCUT2D eigenvalue weighted by molar-refractivity contribution is -0.133. The minimum absolute atomic E-state index is 0.0766. The Labute approximate surface area is 137 Å². The normalized spacial score (nSPS) is 23.9. The molecule has 3 amide bonds. The smallest absolute Gasteiger partial charge is 0.254 e. The van der Waals surface area contributed by atoms with E-state index in [2.05, 4.69) is 5.32 Å². The maximum atomic E-state index is 12.6. The Morgan fingerprint density at radius 2 is 2.22 bits per heavy atom. The van der Waals surface area contributed by atoms with Crippen molar-refractivity contribution in [3.05, 3.63) is 23.8 Å². The van der Waals surface area contributed by atoms with Crippen LogP contribution in [-0.2, 0) is 14.3 Å². The Balaban J connectivity index is 1.79. The van der Waals surface area contributed by atoms with Crippen LogP contribution in [-0.4, -0.2) is 53.7 Å². The van der Waals surface area contributed by atoms with Crippen LogP contribution in [0.15, 0.2) is 23.1 Å². The molecular weight excluding hydrogens is 318 g/mol. The maximum Gasteiger partial charge on any atom is 0.254 e. The summed E-state index contributed by atoms with van der Waals surface area (Å²) >= 11 is 1.46. The molecule has 1 aromatic carbocycles. The van der Waals surface area contributed by atoms with Crippen molar-refractivity contribution in [1.82, 2.24) is 4.90 Å². The first kappa shape index (κ1) is 15.8. The molecule has 3 N–H and O–H groups in total. The monoisotopic (exact) mass is 335 g/mol. The second-order valence-corrected chi connectivity index (χ2v) is 6.86. The first-order valence-electron chi connectivity index (χ1n) is 7.27. The number of thioether (sulfide) groups is 1. The van der Waals surface area contributed by atoms with E-state index in [9.17, 15) is 14.4 Å². The third kappa shape index (κ3) is 3.18. The molecule has 0 bridgehead atoms. The molecule has 0 aromatic heterocycles. The van der Waals surface area contributed by atoms with Gasteiger partial charge in [-0.3, -0.25) is 14.4 Å². The van der Waals surface area contributed by atoms with Crippen molar-refractivity contribution in [2.45, 2.75) is 23.2 Å². The van der Waals surface area contributed by atoms with Crippen molar-refractivity contribution >= 4 is 35.2 Å². The molecule has 2 aliphatic rings. The second kappa shape index (κ2) is 6.21. The van der Waals surface area contributed by atoms with Gasteiger partial charge in [-0.15, -0.1) is 11.8 Å². The zero-order chi connectivity index (χ0) is 16.6. The molecule has 2 heterocycles. The van der Waals surface area contributed by atoms with Crippen molar-refractivity contribution in [1.29, 1.82) is 0 Å². The molecule has 0 saturated carbocycles. The van der Waals surface area contributed by atoms with Crippen molar-refractivity contribution < 1.29 is 19.1 Å². The quantitative estimate of drug-likeness (QED) is 0.817. The van der Waals surface area contributed by atoms with Crippen LogP contribution in [0.3, 0.4) is 0 Å². The molecule has 3 rings (SSSR count). The zero-order valence-corrected chi connectivity index (χ0v) is 13.4. The highest BCUT2D eigenvalue weighted by Gasteiger charge is 2.29. The van der Waals surface area contributed by atoms with Gasteiger partial charge in [0.05, 0.1) is 24.1 Å². The second-order valence-electron chi connectivity index (χ2n) is 5.47. The molecule has 0 aliphatic carbocycles. The van der Waals surface area contributed by atoms with Gasteiger partial charge in [0.15, 0.2) is 6.10 Å². The summed E-state index contributed by atoms with van der Waals surface area (Å²) in [5, 5.41) is 2.65. The molecule has 23 heavy (non-hydrogen) atoms. The van der Waals surface area contributed by atoms with E-state index in [-0.39, 0.29) is 30.2 Å². The number of hydrogen-bond donors (Lipinski definition) is 2. The minimum Gasteiger partial charge on any atom is -0.367 e. The number of benzene rings is 1. The van der Waals surface area contributed by atoms with Crippen LogP contribution in [0.2, 0.25) is 0 Å². The lowest BCUT2D eigenvalue weighted by Crippen LogP contribution is -2.50. The van der Waals surface area contributed by atoms with Crippen LogP contribution in [0.5, 0.6) is 0 Å². The lowest BCUT2D eigenvalue weighted by Gasteiger charge is -2.31. The number of rotatable bonds is 2. The number of primary amides is 1. The summed E-state index contributed by atoms with van der Waals surface area (Å²) in [5.41, 5.74) is 6.34. The number of amides is 3. The Bertz CT molecular complexity index is 679. The predicted octanol–water partition coefficient (Wildman–Crippen LogP) is 0.446. The van der Waals surface area contributed by atoms with Crippen LogP contribution in [0.1, 0.15) is 17.3 Å². The summed E-state index contributed by atoms with van der Waals surface area (Å²) in [6, 6.07) is 5.23. The molecule has 1 fully saturated rings. The first-order valence-corrected chi connectivity index (χ1v) is 8.15. The molecule has 122 valence electrons. The van der Waals surface area contributed by atoms with E-state index in [1.807, 2.05) is 13.0 Å². The number of nitrogens with one attached hydrogen (secondary N) is 1. The standard InChI is InChI=1S/C15H17N3O4S/c1-8-14(20)17-10-6-9(2-3-12(10)23-8)15(21)18-4-5-22-11(7-18)13(16)19/h2-3,6,8,11H,4-5,7H2,1H3,(H2,16,19)(H,17,20). The van der Waals surface area contributed by atoms with Gasteiger partial charge in [0, 0.05) is 17.0 Å². The van der Waals surface area contributed by atoms with E-state index >= 15 is 0 Å². The zero-order valence-electron chi connectivity index (χ0n) is 12.6. The first-order chi connectivity index (χ1) is 11.0. The number of nitrogens with two attached hydrogens (primary N) is 1. The Hall–Kier alpha value is -2.06. The van der Waals surface area contributed by atoms with Gasteiger partial charge in [-0.2, -0.15) is 0 Å². The van der Waals surface area contributed by atoms with Crippen LogP contribution < -0.4 is 11.1 Å². The fraction of sp³-hybridized carbons (Fsp3) is 0.400. The number of carbonyl (C=O) groups is 3. The van der Waals surface area contributed by atoms with Gasteiger partial charge in [-0.1, -0.05) is 0 Å². The molecule has 1 aromatic rings. The van der Waals surface area contributed by atoms with Gasteiger partial charge in [0.2, 0.25) is 11.8 Å². The average molecular weight is 335 g/mol. The molecule has 2 aliphatic heterocycles. The number of fused-ring (bicyclic) bond motifs is 1. The van der Waals surface area contributed by atoms with Crippen LogP contribution in [0, 0.1) is 0 Å². The van der Waals surface area contributed by atoms with Crippen LogP contribution >= 0.6 is 11.8 Å². The van der Waals surface area contributed by atoms with Crippen LogP contribution in [0.25, 0.3) is 0 Å². The molecular formula is C15H17N3O4S. The van der Waals surface area contributed by atoms with E-state index in [1.165, 1.54) is 11.8 Å². The van der Waals surface area contributed by atoms with E-state index < -0.39 is 12.0 Å². The number of carbonyl (C=O) groups excluding carboxylic acids is 3. The minimum atomic E-state index is -0.776. The van der Waals surface area contributed by atoms with Gasteiger partial charge < -0.3 is 20.7 Å².